The molecule has 0 radical (unpaired) electrons. The average Bonchev–Trinajstić information content (AvgIpc) is 3.08. The maximum Gasteiger partial charge on any atom is 0.390 e. The summed E-state index contributed by atoms with van der Waals surface area (Å²) < 4.78 is 3.31. The number of carbonyl (C=O) groups is 1. The van der Waals surface area contributed by atoms with E-state index in [1.54, 1.807) is 6.92 Å². The van der Waals surface area contributed by atoms with Crippen molar-refractivity contribution in [3.05, 3.63) is 39.3 Å². The van der Waals surface area contributed by atoms with Gasteiger partial charge < -0.3 is 15.4 Å². The predicted molar refractivity (Wildman–Crippen MR) is 87.4 cm³/mol. The zero-order valence-electron chi connectivity index (χ0n) is 14.3. The largest absolute Gasteiger partial charge is 0.390 e. The molecule has 0 aliphatic rings. The Hall–Kier alpha value is -2.71. The number of hydrogen-bond donors (Lipinski definition) is 1. The summed E-state index contributed by atoms with van der Waals surface area (Å²) in [5.74, 6) is -0.340. The molecule has 0 saturated heterocycles. The van der Waals surface area contributed by atoms with Crippen LogP contribution in [0.1, 0.15) is 43.3 Å². The molecule has 1 amide bonds. The number of nitrogens with zero attached hydrogens (tertiary/aromatic N) is 5. The molecule has 2 heterocycles. The number of amides is 1. The molecule has 0 aromatic carbocycles. The number of nitrogens with one attached hydrogen (secondary N) is 1. The normalized spacial score (nSPS) is 12.2. The fourth-order valence-electron chi connectivity index (χ4n) is 2.53. The van der Waals surface area contributed by atoms with Crippen molar-refractivity contribution in [3.63, 3.8) is 0 Å². The molecular formula is C15H22N6O3. The third-order valence-corrected chi connectivity index (χ3v) is 3.86. The molecule has 1 N–H and O–H groups in total. The number of carbonyl (C=O) groups excluding carboxylic acids is 1. The molecule has 9 heteroatoms. The van der Waals surface area contributed by atoms with Crippen molar-refractivity contribution in [1.29, 1.82) is 0 Å². The average molecular weight is 334 g/mol. The fraction of sp³-hybridized carbons (Fsp3) is 0.533. The highest BCUT2D eigenvalue weighted by Crippen LogP contribution is 2.16. The Kier molecular flexibility index (Phi) is 5.32. The third kappa shape index (κ3) is 3.98. The lowest BCUT2D eigenvalue weighted by molar-refractivity contribution is -0.389. The van der Waals surface area contributed by atoms with Gasteiger partial charge in [0.15, 0.2) is 0 Å². The minimum atomic E-state index is -0.542. The summed E-state index contributed by atoms with van der Waals surface area (Å²) >= 11 is 0. The van der Waals surface area contributed by atoms with Crippen molar-refractivity contribution in [3.8, 4) is 0 Å². The van der Waals surface area contributed by atoms with Crippen LogP contribution in [0, 0.1) is 24.0 Å². The van der Waals surface area contributed by atoms with E-state index in [9.17, 15) is 14.9 Å². The third-order valence-electron chi connectivity index (χ3n) is 3.86. The van der Waals surface area contributed by atoms with E-state index in [2.05, 4.69) is 15.5 Å². The van der Waals surface area contributed by atoms with Crippen molar-refractivity contribution in [1.82, 2.24) is 24.9 Å². The van der Waals surface area contributed by atoms with E-state index in [0.717, 1.165) is 17.8 Å². The molecular weight excluding hydrogens is 312 g/mol. The summed E-state index contributed by atoms with van der Waals surface area (Å²) in [5.41, 5.74) is 2.53. The Morgan fingerprint density at radius 3 is 2.67 bits per heavy atom. The Labute approximate surface area is 139 Å². The summed E-state index contributed by atoms with van der Waals surface area (Å²) in [6.07, 6.45) is 2.13. The second-order valence-electron chi connectivity index (χ2n) is 5.69. The minimum Gasteiger partial charge on any atom is -0.358 e. The summed E-state index contributed by atoms with van der Waals surface area (Å²) in [6.45, 7) is 8.63. The predicted octanol–water partition coefficient (Wildman–Crippen LogP) is 1.89. The van der Waals surface area contributed by atoms with Gasteiger partial charge in [-0.25, -0.2) is 0 Å². The van der Waals surface area contributed by atoms with Crippen molar-refractivity contribution < 1.29 is 9.72 Å². The van der Waals surface area contributed by atoms with Gasteiger partial charge in [-0.3, -0.25) is 9.48 Å². The standard InChI is InChI=1S/C15H22N6O3/c1-5-19-9-13(12(4)17-19)11(3)16-15(22)6-7-20-10(2)8-14(18-20)21(23)24/h8-9,11H,5-7H2,1-4H3,(H,16,22). The Bertz CT molecular complexity index is 748. The second-order valence-corrected chi connectivity index (χ2v) is 5.69. The van der Waals surface area contributed by atoms with E-state index in [-0.39, 0.29) is 24.2 Å². The molecule has 9 nitrogen and oxygen atoms in total. The summed E-state index contributed by atoms with van der Waals surface area (Å²) in [5, 5.41) is 21.9. The van der Waals surface area contributed by atoms with Crippen molar-refractivity contribution >= 4 is 11.7 Å². The van der Waals surface area contributed by atoms with Gasteiger partial charge in [0.25, 0.3) is 0 Å². The van der Waals surface area contributed by atoms with Crippen LogP contribution in [0.5, 0.6) is 0 Å². The highest BCUT2D eigenvalue weighted by Gasteiger charge is 2.18. The maximum absolute atomic E-state index is 12.1. The van der Waals surface area contributed by atoms with E-state index < -0.39 is 4.92 Å². The lowest BCUT2D eigenvalue weighted by Gasteiger charge is -2.13. The molecule has 0 spiro atoms. The Morgan fingerprint density at radius 1 is 1.42 bits per heavy atom. The monoisotopic (exact) mass is 334 g/mol. The highest BCUT2D eigenvalue weighted by molar-refractivity contribution is 5.76. The van der Waals surface area contributed by atoms with Gasteiger partial charge >= 0.3 is 5.82 Å². The van der Waals surface area contributed by atoms with Crippen LogP contribution in [-0.2, 0) is 17.9 Å². The smallest absolute Gasteiger partial charge is 0.358 e. The van der Waals surface area contributed by atoms with Crippen molar-refractivity contribution in [2.24, 2.45) is 0 Å². The van der Waals surface area contributed by atoms with E-state index >= 15 is 0 Å². The molecule has 24 heavy (non-hydrogen) atoms. The summed E-state index contributed by atoms with van der Waals surface area (Å²) in [7, 11) is 0. The van der Waals surface area contributed by atoms with E-state index in [1.165, 1.54) is 10.7 Å². The van der Waals surface area contributed by atoms with E-state index in [0.29, 0.717) is 12.2 Å². The van der Waals surface area contributed by atoms with Crippen LogP contribution < -0.4 is 5.32 Å². The zero-order valence-corrected chi connectivity index (χ0v) is 14.3. The lowest BCUT2D eigenvalue weighted by Crippen LogP contribution is -2.27. The lowest BCUT2D eigenvalue weighted by atomic mass is 10.1. The van der Waals surface area contributed by atoms with E-state index in [1.807, 2.05) is 31.6 Å². The number of nitro groups is 1. The molecule has 2 aromatic rings. The first kappa shape index (κ1) is 17.6. The number of aryl methyl sites for hydroxylation is 4. The van der Waals surface area contributed by atoms with Crippen LogP contribution in [0.2, 0.25) is 0 Å². The molecule has 1 atom stereocenters. The highest BCUT2D eigenvalue weighted by atomic mass is 16.6. The van der Waals surface area contributed by atoms with Gasteiger partial charge in [0, 0.05) is 24.7 Å². The van der Waals surface area contributed by atoms with Crippen LogP contribution in [0.15, 0.2) is 12.3 Å². The van der Waals surface area contributed by atoms with Gasteiger partial charge in [-0.2, -0.15) is 9.78 Å². The molecule has 2 rings (SSSR count). The molecule has 1 unspecified atom stereocenters. The molecule has 0 aliphatic carbocycles. The molecule has 0 aliphatic heterocycles. The molecule has 0 bridgehead atoms. The van der Waals surface area contributed by atoms with Crippen LogP contribution >= 0.6 is 0 Å². The van der Waals surface area contributed by atoms with Crippen LogP contribution in [0.25, 0.3) is 0 Å². The van der Waals surface area contributed by atoms with Gasteiger partial charge in [0.1, 0.15) is 0 Å². The van der Waals surface area contributed by atoms with E-state index in [4.69, 9.17) is 0 Å². The second kappa shape index (κ2) is 7.24. The van der Waals surface area contributed by atoms with Crippen molar-refractivity contribution in [2.45, 2.75) is 53.2 Å². The van der Waals surface area contributed by atoms with Gasteiger partial charge in [-0.15, -0.1) is 0 Å². The first-order chi connectivity index (χ1) is 11.3. The first-order valence-electron chi connectivity index (χ1n) is 7.84. The number of rotatable bonds is 7. The van der Waals surface area contributed by atoms with Gasteiger partial charge in [0.2, 0.25) is 5.91 Å². The van der Waals surface area contributed by atoms with Crippen LogP contribution in [-0.4, -0.2) is 30.4 Å². The summed E-state index contributed by atoms with van der Waals surface area (Å²) in [4.78, 5) is 22.3. The van der Waals surface area contributed by atoms with Crippen molar-refractivity contribution in [2.75, 3.05) is 0 Å². The minimum absolute atomic E-state index is 0.135. The fourth-order valence-corrected chi connectivity index (χ4v) is 2.53. The molecule has 2 aromatic heterocycles. The Balaban J connectivity index is 1.93. The Morgan fingerprint density at radius 2 is 2.12 bits per heavy atom. The van der Waals surface area contributed by atoms with Crippen LogP contribution in [0.4, 0.5) is 5.82 Å². The van der Waals surface area contributed by atoms with Gasteiger partial charge in [-0.1, -0.05) is 0 Å². The number of hydrogen-bond acceptors (Lipinski definition) is 5. The van der Waals surface area contributed by atoms with Gasteiger partial charge in [0.05, 0.1) is 35.1 Å². The molecule has 0 saturated carbocycles. The van der Waals surface area contributed by atoms with Gasteiger partial charge in [-0.05, 0) is 32.6 Å². The first-order valence-corrected chi connectivity index (χ1v) is 7.84. The zero-order chi connectivity index (χ0) is 17.9. The topological polar surface area (TPSA) is 108 Å². The molecule has 0 fully saturated rings. The SMILES string of the molecule is CCn1cc(C(C)NC(=O)CCn2nc([N+](=O)[O-])cc2C)c(C)n1. The van der Waals surface area contributed by atoms with Crippen LogP contribution in [0.3, 0.4) is 0 Å². The molecule has 130 valence electrons. The number of aromatic nitrogens is 4. The summed E-state index contributed by atoms with van der Waals surface area (Å²) in [6, 6.07) is 1.24. The quantitative estimate of drug-likeness (QED) is 0.614. The maximum atomic E-state index is 12.1.